The van der Waals surface area contributed by atoms with Crippen molar-refractivity contribution in [2.24, 2.45) is 0 Å². The Bertz CT molecular complexity index is 775. The first kappa shape index (κ1) is 19.5. The fourth-order valence-electron chi connectivity index (χ4n) is 3.96. The third-order valence-electron chi connectivity index (χ3n) is 5.63. The molecular weight excluding hydrogens is 342 g/mol. The van der Waals surface area contributed by atoms with Crippen LogP contribution in [-0.2, 0) is 16.1 Å². The zero-order valence-electron chi connectivity index (χ0n) is 16.7. The van der Waals surface area contributed by atoms with E-state index in [1.165, 1.54) is 11.1 Å². The van der Waals surface area contributed by atoms with E-state index < -0.39 is 11.8 Å². The smallest absolute Gasteiger partial charge is 0.311 e. The Morgan fingerprint density at radius 3 is 2.22 bits per heavy atom. The Hall–Kier alpha value is -2.21. The molecule has 1 aromatic carbocycles. The molecule has 6 nitrogen and oxygen atoms in total. The van der Waals surface area contributed by atoms with Crippen molar-refractivity contribution in [1.29, 1.82) is 0 Å². The number of carbonyl (C=O) groups is 3. The van der Waals surface area contributed by atoms with Gasteiger partial charge in [-0.15, -0.1) is 0 Å². The van der Waals surface area contributed by atoms with Crippen LogP contribution >= 0.6 is 0 Å². The van der Waals surface area contributed by atoms with Crippen LogP contribution in [0, 0.1) is 20.8 Å². The van der Waals surface area contributed by atoms with Crippen molar-refractivity contribution < 1.29 is 14.4 Å². The Balaban J connectivity index is 1.62. The standard InChI is InChI=1S/C21H29N3O3/c1-13-11-14(2)19(16(4)25)15(3)18(13)12-23-7-9-24(10-8-23)21(27)20(26)22-17-5-6-17/h11,17H,5-10,12H2,1-4H3,(H,22,26). The Labute approximate surface area is 160 Å². The van der Waals surface area contributed by atoms with Crippen molar-refractivity contribution in [3.8, 4) is 0 Å². The summed E-state index contributed by atoms with van der Waals surface area (Å²) in [5.41, 5.74) is 5.29. The average Bonchev–Trinajstić information content (AvgIpc) is 3.42. The topological polar surface area (TPSA) is 69.7 Å². The second-order valence-corrected chi connectivity index (χ2v) is 7.86. The van der Waals surface area contributed by atoms with E-state index in [0.29, 0.717) is 13.1 Å². The number of Topliss-reactive ketones (excluding diaryl/α,β-unsaturated/α-hetero) is 1. The molecule has 1 saturated heterocycles. The molecule has 1 aliphatic carbocycles. The summed E-state index contributed by atoms with van der Waals surface area (Å²) in [6.07, 6.45) is 1.95. The second-order valence-electron chi connectivity index (χ2n) is 7.86. The van der Waals surface area contributed by atoms with Crippen molar-refractivity contribution in [2.75, 3.05) is 26.2 Å². The van der Waals surface area contributed by atoms with Gasteiger partial charge in [0.1, 0.15) is 0 Å². The molecule has 1 saturated carbocycles. The lowest BCUT2D eigenvalue weighted by molar-refractivity contribution is -0.147. The molecular formula is C21H29N3O3. The number of ketones is 1. The lowest BCUT2D eigenvalue weighted by atomic mass is 9.91. The van der Waals surface area contributed by atoms with E-state index in [2.05, 4.69) is 23.2 Å². The number of piperazine rings is 1. The Morgan fingerprint density at radius 2 is 1.67 bits per heavy atom. The number of hydrogen-bond acceptors (Lipinski definition) is 4. The zero-order chi connectivity index (χ0) is 19.7. The Morgan fingerprint density at radius 1 is 1.04 bits per heavy atom. The molecule has 0 aromatic heterocycles. The van der Waals surface area contributed by atoms with Crippen molar-refractivity contribution in [3.63, 3.8) is 0 Å². The van der Waals surface area contributed by atoms with E-state index in [1.54, 1.807) is 11.8 Å². The largest absolute Gasteiger partial charge is 0.345 e. The van der Waals surface area contributed by atoms with Gasteiger partial charge in [0.05, 0.1) is 0 Å². The van der Waals surface area contributed by atoms with Gasteiger partial charge in [0, 0.05) is 44.3 Å². The van der Waals surface area contributed by atoms with Crippen molar-refractivity contribution in [2.45, 2.75) is 53.1 Å². The quantitative estimate of drug-likeness (QED) is 0.647. The number of nitrogens with zero attached hydrogens (tertiary/aromatic N) is 2. The van der Waals surface area contributed by atoms with E-state index in [-0.39, 0.29) is 11.8 Å². The molecule has 1 aliphatic heterocycles. The lowest BCUT2D eigenvalue weighted by Gasteiger charge is -2.35. The summed E-state index contributed by atoms with van der Waals surface area (Å²) >= 11 is 0. The molecule has 2 amide bonds. The van der Waals surface area contributed by atoms with Crippen LogP contribution in [0.25, 0.3) is 0 Å². The first-order valence-corrected chi connectivity index (χ1v) is 9.70. The molecule has 0 bridgehead atoms. The van der Waals surface area contributed by atoms with E-state index in [1.807, 2.05) is 13.8 Å². The highest BCUT2D eigenvalue weighted by Gasteiger charge is 2.31. The normalized spacial score (nSPS) is 17.7. The van der Waals surface area contributed by atoms with Gasteiger partial charge in [-0.05, 0) is 62.8 Å². The zero-order valence-corrected chi connectivity index (χ0v) is 16.7. The first-order chi connectivity index (χ1) is 12.8. The third-order valence-corrected chi connectivity index (χ3v) is 5.63. The van der Waals surface area contributed by atoms with Crippen molar-refractivity contribution in [3.05, 3.63) is 33.9 Å². The molecule has 6 heteroatoms. The Kier molecular flexibility index (Phi) is 5.65. The lowest BCUT2D eigenvalue weighted by Crippen LogP contribution is -2.52. The molecule has 146 valence electrons. The molecule has 2 aliphatic rings. The number of carbonyl (C=O) groups excluding carboxylic acids is 3. The molecule has 1 N–H and O–H groups in total. The van der Waals surface area contributed by atoms with Gasteiger partial charge in [0.25, 0.3) is 0 Å². The number of amides is 2. The summed E-state index contributed by atoms with van der Waals surface area (Å²) in [6.45, 7) is 11.0. The van der Waals surface area contributed by atoms with Crippen LogP contribution in [0.4, 0.5) is 0 Å². The predicted octanol–water partition coefficient (Wildman–Crippen LogP) is 1.74. The average molecular weight is 371 g/mol. The fourth-order valence-corrected chi connectivity index (χ4v) is 3.96. The van der Waals surface area contributed by atoms with Crippen LogP contribution in [0.5, 0.6) is 0 Å². The minimum absolute atomic E-state index is 0.100. The second kappa shape index (κ2) is 7.80. The number of benzene rings is 1. The van der Waals surface area contributed by atoms with Crippen LogP contribution in [0.2, 0.25) is 0 Å². The van der Waals surface area contributed by atoms with Gasteiger partial charge in [-0.1, -0.05) is 6.07 Å². The predicted molar refractivity (Wildman–Crippen MR) is 104 cm³/mol. The number of hydrogen-bond donors (Lipinski definition) is 1. The van der Waals surface area contributed by atoms with Crippen molar-refractivity contribution in [1.82, 2.24) is 15.1 Å². The van der Waals surface area contributed by atoms with Gasteiger partial charge >= 0.3 is 11.8 Å². The summed E-state index contributed by atoms with van der Waals surface area (Å²) in [7, 11) is 0. The van der Waals surface area contributed by atoms with E-state index in [9.17, 15) is 14.4 Å². The molecule has 1 heterocycles. The molecule has 0 spiro atoms. The maximum Gasteiger partial charge on any atom is 0.311 e. The van der Waals surface area contributed by atoms with Crippen LogP contribution in [-0.4, -0.2) is 59.6 Å². The van der Waals surface area contributed by atoms with Crippen LogP contribution < -0.4 is 5.32 Å². The minimum Gasteiger partial charge on any atom is -0.345 e. The van der Waals surface area contributed by atoms with Gasteiger partial charge in [-0.3, -0.25) is 19.3 Å². The summed E-state index contributed by atoms with van der Waals surface area (Å²) < 4.78 is 0. The van der Waals surface area contributed by atoms with E-state index in [0.717, 1.165) is 49.2 Å². The molecule has 0 unspecified atom stereocenters. The first-order valence-electron chi connectivity index (χ1n) is 9.70. The number of rotatable bonds is 4. The van der Waals surface area contributed by atoms with Crippen LogP contribution in [0.1, 0.15) is 52.4 Å². The summed E-state index contributed by atoms with van der Waals surface area (Å²) in [5.74, 6) is -0.784. The monoisotopic (exact) mass is 371 g/mol. The van der Waals surface area contributed by atoms with Gasteiger partial charge in [0.2, 0.25) is 0 Å². The maximum absolute atomic E-state index is 12.2. The molecule has 1 aromatic rings. The van der Waals surface area contributed by atoms with Crippen LogP contribution in [0.15, 0.2) is 6.07 Å². The maximum atomic E-state index is 12.2. The van der Waals surface area contributed by atoms with Gasteiger partial charge in [-0.25, -0.2) is 0 Å². The summed E-state index contributed by atoms with van der Waals surface area (Å²) in [6, 6.07) is 2.28. The van der Waals surface area contributed by atoms with E-state index >= 15 is 0 Å². The van der Waals surface area contributed by atoms with Crippen LogP contribution in [0.3, 0.4) is 0 Å². The van der Waals surface area contributed by atoms with Crippen molar-refractivity contribution >= 4 is 17.6 Å². The molecule has 0 radical (unpaired) electrons. The number of aryl methyl sites for hydroxylation is 2. The molecule has 0 atom stereocenters. The third kappa shape index (κ3) is 4.38. The molecule has 3 rings (SSSR count). The highest BCUT2D eigenvalue weighted by Crippen LogP contribution is 2.25. The number of nitrogens with one attached hydrogen (secondary N) is 1. The minimum atomic E-state index is -0.470. The fraction of sp³-hybridized carbons (Fsp3) is 0.571. The van der Waals surface area contributed by atoms with Gasteiger partial charge in [0.15, 0.2) is 5.78 Å². The van der Waals surface area contributed by atoms with Gasteiger partial charge in [-0.2, -0.15) is 0 Å². The van der Waals surface area contributed by atoms with Gasteiger partial charge < -0.3 is 10.2 Å². The highest BCUT2D eigenvalue weighted by molar-refractivity contribution is 6.35. The summed E-state index contributed by atoms with van der Waals surface area (Å²) in [4.78, 5) is 40.1. The highest BCUT2D eigenvalue weighted by atomic mass is 16.2. The summed E-state index contributed by atoms with van der Waals surface area (Å²) in [5, 5.41) is 2.76. The SMILES string of the molecule is CC(=O)c1c(C)cc(C)c(CN2CCN(C(=O)C(=O)NC3CC3)CC2)c1C. The molecule has 2 fully saturated rings. The molecule has 27 heavy (non-hydrogen) atoms. The van der Waals surface area contributed by atoms with E-state index in [4.69, 9.17) is 0 Å².